The second-order valence-corrected chi connectivity index (χ2v) is 7.87. The molecule has 2 rings (SSSR count). The van der Waals surface area contributed by atoms with E-state index in [0.29, 0.717) is 12.3 Å². The van der Waals surface area contributed by atoms with Gasteiger partial charge in [0.1, 0.15) is 11.0 Å². The first kappa shape index (κ1) is 15.4. The highest BCUT2D eigenvalue weighted by molar-refractivity contribution is 7.86. The van der Waals surface area contributed by atoms with Gasteiger partial charge in [-0.05, 0) is 50.2 Å². The van der Waals surface area contributed by atoms with Crippen molar-refractivity contribution < 1.29 is 9.00 Å². The lowest BCUT2D eigenvalue weighted by Crippen LogP contribution is -2.30. The van der Waals surface area contributed by atoms with Gasteiger partial charge in [-0.2, -0.15) is 0 Å². The summed E-state index contributed by atoms with van der Waals surface area (Å²) in [6.07, 6.45) is 1.47. The van der Waals surface area contributed by atoms with Crippen LogP contribution in [0.15, 0.2) is 17.0 Å². The lowest BCUT2D eigenvalue weighted by atomic mass is 9.94. The van der Waals surface area contributed by atoms with Crippen LogP contribution in [0.2, 0.25) is 0 Å². The Morgan fingerprint density at radius 2 is 1.70 bits per heavy atom. The Bertz CT molecular complexity index is 537. The van der Waals surface area contributed by atoms with Crippen molar-refractivity contribution in [2.75, 3.05) is 0 Å². The van der Waals surface area contributed by atoms with Gasteiger partial charge in [-0.15, -0.1) is 0 Å². The van der Waals surface area contributed by atoms with Crippen LogP contribution < -0.4 is 0 Å². The molecule has 3 heteroatoms. The SMILES string of the molecule is Cc1cc(C)c([S@](=O)[C@H]2C(=O)CC[C@@H]2C(C)C)c(C)c1. The molecule has 2 nitrogen and oxygen atoms in total. The second kappa shape index (κ2) is 5.80. The number of hydrogen-bond donors (Lipinski definition) is 0. The molecule has 1 aliphatic carbocycles. The van der Waals surface area contributed by atoms with E-state index in [0.717, 1.165) is 22.4 Å². The van der Waals surface area contributed by atoms with Crippen LogP contribution in [-0.4, -0.2) is 15.2 Å². The van der Waals surface area contributed by atoms with E-state index in [1.54, 1.807) is 0 Å². The van der Waals surface area contributed by atoms with Gasteiger partial charge in [-0.3, -0.25) is 9.00 Å². The van der Waals surface area contributed by atoms with E-state index in [9.17, 15) is 9.00 Å². The van der Waals surface area contributed by atoms with Gasteiger partial charge in [0.15, 0.2) is 0 Å². The van der Waals surface area contributed by atoms with E-state index >= 15 is 0 Å². The zero-order chi connectivity index (χ0) is 15.0. The van der Waals surface area contributed by atoms with Crippen LogP contribution in [0, 0.1) is 32.6 Å². The third kappa shape index (κ3) is 2.73. The summed E-state index contributed by atoms with van der Waals surface area (Å²) in [4.78, 5) is 13.1. The summed E-state index contributed by atoms with van der Waals surface area (Å²) in [7, 11) is -1.22. The monoisotopic (exact) mass is 292 g/mol. The zero-order valence-corrected chi connectivity index (χ0v) is 13.8. The maximum atomic E-state index is 13.0. The molecular formula is C17H24O2S. The van der Waals surface area contributed by atoms with Crippen molar-refractivity contribution in [2.45, 2.75) is 57.6 Å². The van der Waals surface area contributed by atoms with Gasteiger partial charge < -0.3 is 0 Å². The zero-order valence-electron chi connectivity index (χ0n) is 13.0. The van der Waals surface area contributed by atoms with E-state index in [4.69, 9.17) is 0 Å². The first-order chi connectivity index (χ1) is 9.32. The molecule has 3 atom stereocenters. The van der Waals surface area contributed by atoms with Gasteiger partial charge in [-0.1, -0.05) is 31.5 Å². The molecule has 20 heavy (non-hydrogen) atoms. The molecule has 110 valence electrons. The highest BCUT2D eigenvalue weighted by atomic mass is 32.2. The normalized spacial score (nSPS) is 24.4. The van der Waals surface area contributed by atoms with Gasteiger partial charge in [0.05, 0.1) is 10.8 Å². The molecule has 0 amide bonds. The lowest BCUT2D eigenvalue weighted by molar-refractivity contribution is -0.117. The number of carbonyl (C=O) groups is 1. The fourth-order valence-electron chi connectivity index (χ4n) is 3.41. The summed E-state index contributed by atoms with van der Waals surface area (Å²) in [5, 5.41) is -0.310. The minimum atomic E-state index is -1.22. The lowest BCUT2D eigenvalue weighted by Gasteiger charge is -2.23. The van der Waals surface area contributed by atoms with Gasteiger partial charge >= 0.3 is 0 Å². The van der Waals surface area contributed by atoms with Crippen LogP contribution >= 0.6 is 0 Å². The van der Waals surface area contributed by atoms with Crippen molar-refractivity contribution in [2.24, 2.45) is 11.8 Å². The first-order valence-corrected chi connectivity index (χ1v) is 8.55. The van der Waals surface area contributed by atoms with Gasteiger partial charge in [0, 0.05) is 11.3 Å². The van der Waals surface area contributed by atoms with Crippen molar-refractivity contribution in [1.82, 2.24) is 0 Å². The number of hydrogen-bond acceptors (Lipinski definition) is 2. The number of carbonyl (C=O) groups excluding carboxylic acids is 1. The average molecular weight is 292 g/mol. The maximum Gasteiger partial charge on any atom is 0.149 e. The van der Waals surface area contributed by atoms with Crippen LogP contribution in [-0.2, 0) is 15.6 Å². The minimum absolute atomic E-state index is 0.182. The molecule has 0 heterocycles. The highest BCUT2D eigenvalue weighted by Crippen LogP contribution is 2.36. The Hall–Kier alpha value is -0.960. The fraction of sp³-hybridized carbons (Fsp3) is 0.588. The van der Waals surface area contributed by atoms with Crippen molar-refractivity contribution in [3.8, 4) is 0 Å². The standard InChI is InChI=1S/C17H24O2S/c1-10(2)14-6-7-15(18)17(14)20(19)16-12(4)8-11(3)9-13(16)5/h8-10,14,17H,6-7H2,1-5H3/t14-,17-,20+/m1/s1. The van der Waals surface area contributed by atoms with Crippen molar-refractivity contribution >= 4 is 16.6 Å². The Kier molecular flexibility index (Phi) is 4.48. The van der Waals surface area contributed by atoms with Crippen LogP contribution in [0.3, 0.4) is 0 Å². The van der Waals surface area contributed by atoms with Crippen LogP contribution in [0.1, 0.15) is 43.4 Å². The van der Waals surface area contributed by atoms with Crippen LogP contribution in [0.25, 0.3) is 0 Å². The summed E-state index contributed by atoms with van der Waals surface area (Å²) in [6.45, 7) is 10.3. The Morgan fingerprint density at radius 3 is 2.20 bits per heavy atom. The summed E-state index contributed by atoms with van der Waals surface area (Å²) >= 11 is 0. The summed E-state index contributed by atoms with van der Waals surface area (Å²) < 4.78 is 13.0. The van der Waals surface area contributed by atoms with Gasteiger partial charge in [0.2, 0.25) is 0 Å². The molecule has 1 saturated carbocycles. The third-order valence-corrected chi connectivity index (χ3v) is 6.44. The minimum Gasteiger partial charge on any atom is -0.298 e. The summed E-state index contributed by atoms with van der Waals surface area (Å²) in [5.74, 6) is 0.839. The molecule has 1 aromatic carbocycles. The Labute approximate surface area is 124 Å². The predicted molar refractivity (Wildman–Crippen MR) is 83.4 cm³/mol. The number of ketones is 1. The number of benzene rings is 1. The molecule has 0 aromatic heterocycles. The topological polar surface area (TPSA) is 34.1 Å². The van der Waals surface area contributed by atoms with E-state index in [-0.39, 0.29) is 17.0 Å². The third-order valence-electron chi connectivity index (χ3n) is 4.32. The maximum absolute atomic E-state index is 13.0. The Morgan fingerprint density at radius 1 is 1.15 bits per heavy atom. The molecule has 0 bridgehead atoms. The van der Waals surface area contributed by atoms with Crippen molar-refractivity contribution in [3.05, 3.63) is 28.8 Å². The van der Waals surface area contributed by atoms with Crippen molar-refractivity contribution in [3.63, 3.8) is 0 Å². The second-order valence-electron chi connectivity index (χ2n) is 6.36. The van der Waals surface area contributed by atoms with Gasteiger partial charge in [0.25, 0.3) is 0 Å². The highest BCUT2D eigenvalue weighted by Gasteiger charge is 2.41. The molecule has 0 saturated heterocycles. The molecule has 0 aliphatic heterocycles. The number of Topliss-reactive ketones (excluding diaryl/α,β-unsaturated/α-hetero) is 1. The van der Waals surface area contributed by atoms with Crippen molar-refractivity contribution in [1.29, 1.82) is 0 Å². The molecule has 0 spiro atoms. The fourth-order valence-corrected chi connectivity index (χ4v) is 5.54. The molecule has 1 fully saturated rings. The van der Waals surface area contributed by atoms with E-state index < -0.39 is 10.8 Å². The van der Waals surface area contributed by atoms with Crippen LogP contribution in [0.4, 0.5) is 0 Å². The number of aryl methyl sites for hydroxylation is 3. The average Bonchev–Trinajstić information content (AvgIpc) is 2.69. The van der Waals surface area contributed by atoms with Gasteiger partial charge in [-0.25, -0.2) is 0 Å². The molecule has 0 radical (unpaired) electrons. The smallest absolute Gasteiger partial charge is 0.149 e. The van der Waals surface area contributed by atoms with E-state index in [2.05, 4.69) is 26.0 Å². The first-order valence-electron chi connectivity index (χ1n) is 7.34. The molecule has 1 aromatic rings. The predicted octanol–water partition coefficient (Wildman–Crippen LogP) is 3.72. The quantitative estimate of drug-likeness (QED) is 0.851. The molecule has 1 aliphatic rings. The molecule has 0 unspecified atom stereocenters. The van der Waals surface area contributed by atoms with E-state index in [1.807, 2.05) is 20.8 Å². The summed E-state index contributed by atoms with van der Waals surface area (Å²) in [6, 6.07) is 4.12. The summed E-state index contributed by atoms with van der Waals surface area (Å²) in [5.41, 5.74) is 3.27. The molecule has 0 N–H and O–H groups in total. The largest absolute Gasteiger partial charge is 0.298 e. The Balaban J connectivity index is 2.43. The molecular weight excluding hydrogens is 268 g/mol. The number of rotatable bonds is 3. The van der Waals surface area contributed by atoms with E-state index in [1.165, 1.54) is 5.56 Å². The van der Waals surface area contributed by atoms with Crippen LogP contribution in [0.5, 0.6) is 0 Å².